The van der Waals surface area contributed by atoms with Crippen LogP contribution < -0.4 is 5.32 Å². The summed E-state index contributed by atoms with van der Waals surface area (Å²) in [6.45, 7) is 5.53. The van der Waals surface area contributed by atoms with Crippen LogP contribution in [0.15, 0.2) is 0 Å². The summed E-state index contributed by atoms with van der Waals surface area (Å²) in [7, 11) is 0. The van der Waals surface area contributed by atoms with Crippen molar-refractivity contribution in [2.45, 2.75) is 32.2 Å². The van der Waals surface area contributed by atoms with Crippen molar-refractivity contribution in [1.29, 1.82) is 0 Å². The summed E-state index contributed by atoms with van der Waals surface area (Å²) in [6.07, 6.45) is 2.62. The van der Waals surface area contributed by atoms with Gasteiger partial charge in [0.05, 0.1) is 6.42 Å². The Hall–Kier alpha value is -1.30. The van der Waals surface area contributed by atoms with E-state index in [9.17, 15) is 9.59 Å². The second kappa shape index (κ2) is 6.23. The van der Waals surface area contributed by atoms with Gasteiger partial charge in [-0.3, -0.25) is 9.69 Å². The lowest BCUT2D eigenvalue weighted by atomic mass is 10.2. The highest BCUT2D eigenvalue weighted by Gasteiger charge is 2.30. The summed E-state index contributed by atoms with van der Waals surface area (Å²) in [6, 6.07) is 0.301. The van der Waals surface area contributed by atoms with Crippen molar-refractivity contribution in [3.8, 4) is 0 Å². The minimum Gasteiger partial charge on any atom is -0.481 e. The molecule has 2 amide bonds. The molecule has 2 N–H and O–H groups in total. The van der Waals surface area contributed by atoms with E-state index in [1.807, 2.05) is 4.90 Å². The first kappa shape index (κ1) is 14.1. The van der Waals surface area contributed by atoms with Gasteiger partial charge in [-0.1, -0.05) is 0 Å². The zero-order chi connectivity index (χ0) is 13.8. The van der Waals surface area contributed by atoms with Gasteiger partial charge in [0.1, 0.15) is 0 Å². The molecule has 0 spiro atoms. The Bertz CT molecular complexity index is 336. The molecule has 0 radical (unpaired) electrons. The Morgan fingerprint density at radius 3 is 2.42 bits per heavy atom. The van der Waals surface area contributed by atoms with E-state index in [0.29, 0.717) is 25.6 Å². The minimum absolute atomic E-state index is 0.0253. The Labute approximate surface area is 113 Å². The van der Waals surface area contributed by atoms with E-state index >= 15 is 0 Å². The minimum atomic E-state index is -0.765. The summed E-state index contributed by atoms with van der Waals surface area (Å²) < 4.78 is 0. The predicted octanol–water partition coefficient (Wildman–Crippen LogP) is 0.587. The molecule has 1 aliphatic carbocycles. The number of aliphatic carboxylic acids is 1. The second-order valence-corrected chi connectivity index (χ2v) is 5.55. The van der Waals surface area contributed by atoms with Gasteiger partial charge in [-0.2, -0.15) is 0 Å². The van der Waals surface area contributed by atoms with Gasteiger partial charge in [0, 0.05) is 38.8 Å². The number of carbonyl (C=O) groups is 2. The Kier molecular flexibility index (Phi) is 4.63. The summed E-state index contributed by atoms with van der Waals surface area (Å²) in [5, 5.41) is 11.7. The van der Waals surface area contributed by atoms with E-state index in [1.165, 1.54) is 12.8 Å². The molecule has 1 heterocycles. The van der Waals surface area contributed by atoms with Crippen LogP contribution in [0, 0.1) is 5.92 Å². The maximum Gasteiger partial charge on any atom is 0.317 e. The van der Waals surface area contributed by atoms with Crippen molar-refractivity contribution < 1.29 is 14.7 Å². The van der Waals surface area contributed by atoms with E-state index < -0.39 is 5.97 Å². The number of carbonyl (C=O) groups excluding carboxylic acids is 1. The van der Waals surface area contributed by atoms with Crippen LogP contribution >= 0.6 is 0 Å². The SMILES string of the molecule is CC(NC(=O)N1CCN(CCC(=O)O)CC1)C1CC1. The molecule has 1 saturated carbocycles. The maximum absolute atomic E-state index is 12.0. The number of carboxylic acid groups (broad SMARTS) is 1. The van der Waals surface area contributed by atoms with Gasteiger partial charge in [-0.15, -0.1) is 0 Å². The first-order chi connectivity index (χ1) is 9.06. The molecule has 0 aromatic heterocycles. The zero-order valence-electron chi connectivity index (χ0n) is 11.5. The van der Waals surface area contributed by atoms with Crippen LogP contribution in [0.2, 0.25) is 0 Å². The summed E-state index contributed by atoms with van der Waals surface area (Å²) in [5.41, 5.74) is 0. The first-order valence-corrected chi connectivity index (χ1v) is 7.06. The van der Waals surface area contributed by atoms with E-state index in [1.54, 1.807) is 0 Å². The Morgan fingerprint density at radius 1 is 1.26 bits per heavy atom. The highest BCUT2D eigenvalue weighted by molar-refractivity contribution is 5.74. The van der Waals surface area contributed by atoms with Gasteiger partial charge in [-0.25, -0.2) is 4.79 Å². The number of nitrogens with zero attached hydrogens (tertiary/aromatic N) is 2. The summed E-state index contributed by atoms with van der Waals surface area (Å²) >= 11 is 0. The highest BCUT2D eigenvalue weighted by Crippen LogP contribution is 2.32. The Balaban J connectivity index is 1.67. The molecule has 2 rings (SSSR count). The standard InChI is InChI=1S/C13H23N3O3/c1-10(11-2-3-11)14-13(19)16-8-6-15(7-9-16)5-4-12(17)18/h10-11H,2-9H2,1H3,(H,14,19)(H,17,18). The van der Waals surface area contributed by atoms with Gasteiger partial charge in [0.25, 0.3) is 0 Å². The van der Waals surface area contributed by atoms with Crippen molar-refractivity contribution in [1.82, 2.24) is 15.1 Å². The van der Waals surface area contributed by atoms with Crippen LogP contribution in [-0.4, -0.2) is 65.7 Å². The van der Waals surface area contributed by atoms with Gasteiger partial charge >= 0.3 is 12.0 Å². The van der Waals surface area contributed by atoms with Crippen molar-refractivity contribution in [2.75, 3.05) is 32.7 Å². The quantitative estimate of drug-likeness (QED) is 0.766. The van der Waals surface area contributed by atoms with Gasteiger partial charge in [-0.05, 0) is 25.7 Å². The molecule has 2 fully saturated rings. The third-order valence-corrected chi connectivity index (χ3v) is 3.98. The zero-order valence-corrected chi connectivity index (χ0v) is 11.5. The number of nitrogens with one attached hydrogen (secondary N) is 1. The average Bonchev–Trinajstić information content (AvgIpc) is 3.21. The average molecular weight is 269 g/mol. The fourth-order valence-electron chi connectivity index (χ4n) is 2.43. The van der Waals surface area contributed by atoms with Crippen molar-refractivity contribution in [3.63, 3.8) is 0 Å². The number of urea groups is 1. The fourth-order valence-corrected chi connectivity index (χ4v) is 2.43. The molecule has 1 unspecified atom stereocenters. The van der Waals surface area contributed by atoms with Crippen LogP contribution in [0.1, 0.15) is 26.2 Å². The molecular formula is C13H23N3O3. The molecule has 6 nitrogen and oxygen atoms in total. The highest BCUT2D eigenvalue weighted by atomic mass is 16.4. The monoisotopic (exact) mass is 269 g/mol. The second-order valence-electron chi connectivity index (χ2n) is 5.55. The van der Waals surface area contributed by atoms with E-state index in [0.717, 1.165) is 13.1 Å². The van der Waals surface area contributed by atoms with Crippen LogP contribution in [0.5, 0.6) is 0 Å². The molecule has 1 atom stereocenters. The number of carboxylic acids is 1. The Morgan fingerprint density at radius 2 is 1.89 bits per heavy atom. The molecule has 0 aromatic carbocycles. The van der Waals surface area contributed by atoms with Crippen LogP contribution in [0.4, 0.5) is 4.79 Å². The van der Waals surface area contributed by atoms with Gasteiger partial charge < -0.3 is 15.3 Å². The first-order valence-electron chi connectivity index (χ1n) is 7.06. The van der Waals surface area contributed by atoms with Crippen LogP contribution in [-0.2, 0) is 4.79 Å². The fraction of sp³-hybridized carbons (Fsp3) is 0.846. The molecule has 108 valence electrons. The molecule has 0 aromatic rings. The number of amides is 2. The lowest BCUT2D eigenvalue weighted by molar-refractivity contribution is -0.137. The van der Waals surface area contributed by atoms with E-state index in [4.69, 9.17) is 5.11 Å². The predicted molar refractivity (Wildman–Crippen MR) is 71.0 cm³/mol. The molecule has 2 aliphatic rings. The molecule has 1 saturated heterocycles. The summed E-state index contributed by atoms with van der Waals surface area (Å²) in [4.78, 5) is 26.4. The van der Waals surface area contributed by atoms with E-state index in [2.05, 4.69) is 17.1 Å². The molecule has 0 bridgehead atoms. The van der Waals surface area contributed by atoms with Crippen molar-refractivity contribution in [2.24, 2.45) is 5.92 Å². The lowest BCUT2D eigenvalue weighted by Gasteiger charge is -2.35. The molecule has 1 aliphatic heterocycles. The molecule has 6 heteroatoms. The normalized spacial score (nSPS) is 22.1. The maximum atomic E-state index is 12.0. The topological polar surface area (TPSA) is 72.9 Å². The van der Waals surface area contributed by atoms with E-state index in [-0.39, 0.29) is 18.5 Å². The summed E-state index contributed by atoms with van der Waals surface area (Å²) in [5.74, 6) is -0.0979. The molecule has 19 heavy (non-hydrogen) atoms. The van der Waals surface area contributed by atoms with Crippen molar-refractivity contribution in [3.05, 3.63) is 0 Å². The molecular weight excluding hydrogens is 246 g/mol. The number of hydrogen-bond acceptors (Lipinski definition) is 3. The van der Waals surface area contributed by atoms with Crippen LogP contribution in [0.3, 0.4) is 0 Å². The number of piperazine rings is 1. The van der Waals surface area contributed by atoms with Crippen molar-refractivity contribution >= 4 is 12.0 Å². The third kappa shape index (κ3) is 4.38. The van der Waals surface area contributed by atoms with Gasteiger partial charge in [0.2, 0.25) is 0 Å². The van der Waals surface area contributed by atoms with Crippen LogP contribution in [0.25, 0.3) is 0 Å². The lowest BCUT2D eigenvalue weighted by Crippen LogP contribution is -2.53. The largest absolute Gasteiger partial charge is 0.481 e. The third-order valence-electron chi connectivity index (χ3n) is 3.98. The van der Waals surface area contributed by atoms with Gasteiger partial charge in [0.15, 0.2) is 0 Å². The number of hydrogen-bond donors (Lipinski definition) is 2. The smallest absolute Gasteiger partial charge is 0.317 e. The number of rotatable bonds is 5.